The zero-order chi connectivity index (χ0) is 61.8. The van der Waals surface area contributed by atoms with Crippen LogP contribution in [-0.2, 0) is 93.7 Å². The van der Waals surface area contributed by atoms with Crippen LogP contribution in [0.2, 0.25) is 0 Å². The molecule has 15 aliphatic rings. The molecule has 24 nitrogen and oxygen atoms in total. The fourth-order valence-corrected chi connectivity index (χ4v) is 16.8. The molecule has 498 valence electrons. The number of rotatable bonds is 10. The first-order valence-corrected chi connectivity index (χ1v) is 37.7. The van der Waals surface area contributed by atoms with Gasteiger partial charge in [-0.2, -0.15) is 0 Å². The van der Waals surface area contributed by atoms with E-state index in [0.29, 0.717) is 144 Å². The molecule has 0 amide bonds. The van der Waals surface area contributed by atoms with Crippen LogP contribution in [0.3, 0.4) is 0 Å². The molecule has 0 aromatic carbocycles. The number of aliphatic hydroxyl groups excluding tert-OH is 4. The van der Waals surface area contributed by atoms with Gasteiger partial charge in [0.1, 0.15) is 67.1 Å². The van der Waals surface area contributed by atoms with Gasteiger partial charge in [0.2, 0.25) is 0 Å². The largest absolute Gasteiger partial charge is 0.390 e. The molecule has 15 rings (SSSR count). The Bertz CT molecular complexity index is 1890. The van der Waals surface area contributed by atoms with Crippen LogP contribution in [0.5, 0.6) is 0 Å². The second kappa shape index (κ2) is 32.6. The molecule has 0 aromatic heterocycles. The summed E-state index contributed by atoms with van der Waals surface area (Å²) < 4.78 is 115. The number of fused-ring (bicyclic) bond motifs is 16. The Hall–Kier alpha value is 0.900. The first kappa shape index (κ1) is 71.2. The molecule has 14 bridgehead atoms. The molecule has 15 saturated heterocycles. The van der Waals surface area contributed by atoms with E-state index in [4.69, 9.17) is 89.1 Å². The van der Waals surface area contributed by atoms with Gasteiger partial charge in [-0.1, -0.05) is 69.2 Å². The smallest absolute Gasteiger partial charge is 0.186 e. The Labute approximate surface area is 517 Å². The van der Waals surface area contributed by atoms with Gasteiger partial charge in [0.15, 0.2) is 52.5 Å². The second-order valence-corrected chi connectivity index (χ2v) is 28.6. The van der Waals surface area contributed by atoms with Gasteiger partial charge in [-0.25, -0.2) is 0 Å². The molecule has 0 radical (unpaired) electrons. The molecule has 0 saturated carbocycles. The Balaban J connectivity index is 0.000000120. The summed E-state index contributed by atoms with van der Waals surface area (Å²) >= 11 is 0. The van der Waals surface area contributed by atoms with Crippen molar-refractivity contribution in [3.05, 3.63) is 0 Å². The van der Waals surface area contributed by atoms with E-state index in [1.807, 2.05) is 27.2 Å². The lowest BCUT2D eigenvalue weighted by atomic mass is 9.80. The topological polar surface area (TPSA) is 277 Å². The minimum Gasteiger partial charge on any atom is -0.390 e. The van der Waals surface area contributed by atoms with Crippen LogP contribution in [0.15, 0.2) is 0 Å². The van der Waals surface area contributed by atoms with Crippen molar-refractivity contribution in [2.45, 2.75) is 217 Å². The van der Waals surface area contributed by atoms with E-state index >= 15 is 0 Å². The standard InChI is InChI=1S/2C9H17O3P.C9H15O3P.C8H15O4P.C8H14O3.C7H13O5P.C7H10O3/c2*1-5-6(2)9-10-4-7(11-9)8(5)12-13-3;1-5-6(2)9-11-3-8(12-9)7(5)4-13-10;1-4-6(9)7(12-13-2)5-3-10-8(4)11-5;1-4-5(2)8-10-3-6(11-8)7(4)9;1-13-12-6-3-2-10-7(11-3)5(9)4(6)8;1-3-5-6(10-5)4-2-8-7(3)9-4/h2*5-9,13H,4H2,1-3H3;5-9H,3-4H2,1-2H3;4-9,13H,3H2,1-2H3;4-9H,3H2,1-2H3;3-9,13H,2H2,1H3;3-7H,2H2,1H3/t2*5?,6-,7?,8-,9+;5?,6-,7+,8?,9+;4-,5?,6?,7+,8+;4?,5-,6?,7+,8+;3?,4?,5-,6+,7+;3-,4?,5?,6-,7+/m0000000/s1. The molecule has 0 spiro atoms. The minimum absolute atomic E-state index is 0.0000926. The first-order chi connectivity index (χ1) is 41.2. The summed E-state index contributed by atoms with van der Waals surface area (Å²) in [5.74, 6) is 4.37. The maximum atomic E-state index is 10.6. The lowest BCUT2D eigenvalue weighted by molar-refractivity contribution is -0.221. The summed E-state index contributed by atoms with van der Waals surface area (Å²) in [5.41, 5.74) is 0. The van der Waals surface area contributed by atoms with E-state index in [0.717, 1.165) is 6.61 Å². The van der Waals surface area contributed by atoms with Crippen LogP contribution in [0.4, 0.5) is 0 Å². The monoisotopic (exact) mass is 1320 g/mol. The van der Waals surface area contributed by atoms with E-state index in [9.17, 15) is 25.0 Å². The molecule has 0 aromatic rings. The van der Waals surface area contributed by atoms with Crippen molar-refractivity contribution in [2.75, 3.05) is 79.1 Å². The van der Waals surface area contributed by atoms with Crippen molar-refractivity contribution >= 4 is 43.7 Å². The molecule has 4 N–H and O–H groups in total. The number of ether oxygens (including phenoxy) is 15. The van der Waals surface area contributed by atoms with E-state index in [2.05, 4.69) is 68.7 Å². The lowest BCUT2D eigenvalue weighted by Gasteiger charge is -2.37. The average molecular weight is 1330 g/mol. The summed E-state index contributed by atoms with van der Waals surface area (Å²) in [6, 6.07) is 0. The third-order valence-electron chi connectivity index (χ3n) is 20.2. The van der Waals surface area contributed by atoms with Crippen LogP contribution in [0.25, 0.3) is 0 Å². The van der Waals surface area contributed by atoms with Crippen molar-refractivity contribution in [1.29, 1.82) is 0 Å². The SMILES string of the molecule is CC1[C@@H](CP=O)C2CO[C@H](O2)[C@H]1C.CC1[C@@H](O)C2CO[C@H](O2)[C@H]1C.CPO[C@@H]1C2CO[C@H](O2)[C@@H](C)C1C.CPO[C@@H]1C2CO[C@H](O2)[C@@H](C)C1C.CPO[C@@H]1C2CO[C@H](O2)[C@@H](C)C1O.CPO[C@@H]1C2CO[C@H](O2)[C@@H](O)C1O.C[C@H]1C2O[C@H]2C2CO[C@@H]1O2. The van der Waals surface area contributed by atoms with Crippen molar-refractivity contribution < 1.29 is 114 Å². The van der Waals surface area contributed by atoms with Gasteiger partial charge in [-0.05, 0) is 50.3 Å². The molecule has 15 heterocycles. The minimum atomic E-state index is -1.000. The highest BCUT2D eigenvalue weighted by molar-refractivity contribution is 7.31. The Morgan fingerprint density at radius 3 is 1.15 bits per heavy atom. The van der Waals surface area contributed by atoms with E-state index in [1.54, 1.807) is 0 Å². The molecule has 15 aliphatic heterocycles. The maximum absolute atomic E-state index is 10.6. The Morgan fingerprint density at radius 2 is 0.663 bits per heavy atom. The molecule has 18 unspecified atom stereocenters. The van der Waals surface area contributed by atoms with Crippen molar-refractivity contribution in [3.63, 3.8) is 0 Å². The number of hydrogen-bond donors (Lipinski definition) is 4. The Kier molecular flexibility index (Phi) is 27.0. The van der Waals surface area contributed by atoms with Gasteiger partial charge >= 0.3 is 0 Å². The van der Waals surface area contributed by atoms with Crippen molar-refractivity contribution in [1.82, 2.24) is 0 Å². The normalized spacial score (nSPS) is 52.7. The van der Waals surface area contributed by atoms with E-state index in [1.165, 1.54) is 0 Å². The van der Waals surface area contributed by atoms with Gasteiger partial charge in [0.25, 0.3) is 0 Å². The average Bonchev–Trinajstić information content (AvgIpc) is 1.95. The zero-order valence-corrected chi connectivity index (χ0v) is 57.2. The predicted molar refractivity (Wildman–Crippen MR) is 319 cm³/mol. The highest BCUT2D eigenvalue weighted by Gasteiger charge is 2.60. The summed E-state index contributed by atoms with van der Waals surface area (Å²) in [6.07, 6.45) is -2.01. The highest BCUT2D eigenvalue weighted by atomic mass is 31.1. The fraction of sp³-hybridized carbons (Fsp3) is 1.00. The van der Waals surface area contributed by atoms with Gasteiger partial charge in [0, 0.05) is 82.8 Å². The maximum Gasteiger partial charge on any atom is 0.186 e. The molecule has 0 aliphatic carbocycles. The summed E-state index contributed by atoms with van der Waals surface area (Å²) in [5, 5.41) is 38.6. The van der Waals surface area contributed by atoms with Gasteiger partial charge in [-0.3, -0.25) is 4.57 Å². The molecular weight excluding hydrogens is 1220 g/mol. The first-order valence-electron chi connectivity index (χ1n) is 31.1. The quantitative estimate of drug-likeness (QED) is 0.163. The molecule has 39 atom stereocenters. The zero-order valence-electron chi connectivity index (χ0n) is 52.3. The predicted octanol–water partition coefficient (Wildman–Crippen LogP) is 5.10. The van der Waals surface area contributed by atoms with Crippen LogP contribution in [0.1, 0.15) is 69.2 Å². The summed E-state index contributed by atoms with van der Waals surface area (Å²) in [6.45, 7) is 33.5. The van der Waals surface area contributed by atoms with Gasteiger partial charge in [-0.15, -0.1) is 0 Å². The van der Waals surface area contributed by atoms with Crippen LogP contribution >= 0.6 is 43.7 Å². The van der Waals surface area contributed by atoms with Crippen LogP contribution in [-0.4, -0.2) is 247 Å². The third-order valence-corrected chi connectivity index (χ3v) is 22.8. The van der Waals surface area contributed by atoms with E-state index in [-0.39, 0.29) is 128 Å². The molecular formula is C57H101O24P5. The van der Waals surface area contributed by atoms with Crippen LogP contribution in [0, 0.1) is 65.1 Å². The number of hydrogen-bond acceptors (Lipinski definition) is 24. The van der Waals surface area contributed by atoms with Crippen molar-refractivity contribution in [2.24, 2.45) is 65.1 Å². The van der Waals surface area contributed by atoms with Crippen LogP contribution < -0.4 is 0 Å². The van der Waals surface area contributed by atoms with Gasteiger partial charge < -0.3 is 110 Å². The lowest BCUT2D eigenvalue weighted by Crippen LogP contribution is -2.54. The van der Waals surface area contributed by atoms with Gasteiger partial charge in [0.05, 0.1) is 82.9 Å². The molecule has 15 fully saturated rings. The summed E-state index contributed by atoms with van der Waals surface area (Å²) in [7, 11) is 1.94. The second-order valence-electron chi connectivity index (χ2n) is 25.4. The van der Waals surface area contributed by atoms with E-state index < -0.39 is 30.7 Å². The molecule has 29 heteroatoms. The summed E-state index contributed by atoms with van der Waals surface area (Å²) in [4.78, 5) is 0. The fourth-order valence-electron chi connectivity index (χ4n) is 13.7. The number of epoxide rings is 1. The Morgan fingerprint density at radius 1 is 0.326 bits per heavy atom. The molecule has 86 heavy (non-hydrogen) atoms. The third kappa shape index (κ3) is 16.1. The number of aliphatic hydroxyl groups is 4. The van der Waals surface area contributed by atoms with Crippen molar-refractivity contribution in [3.8, 4) is 0 Å². The highest BCUT2D eigenvalue weighted by Crippen LogP contribution is 2.46.